The van der Waals surface area contributed by atoms with Crippen molar-refractivity contribution in [3.05, 3.63) is 18.5 Å². The number of aliphatic imine (C=N–C) groups is 1. The van der Waals surface area contributed by atoms with E-state index < -0.39 is 0 Å². The minimum absolute atomic E-state index is 0.938. The highest BCUT2D eigenvalue weighted by Crippen LogP contribution is 2.25. The zero-order valence-electron chi connectivity index (χ0n) is 18.1. The Morgan fingerprint density at radius 1 is 0.679 bits per heavy atom. The van der Waals surface area contributed by atoms with Crippen LogP contribution in [0.5, 0.6) is 0 Å². The first-order chi connectivity index (χ1) is 13.9. The molecule has 0 fully saturated rings. The van der Waals surface area contributed by atoms with E-state index >= 15 is 0 Å². The molecule has 4 heteroatoms. The summed E-state index contributed by atoms with van der Waals surface area (Å²) in [6.07, 6.45) is 27.1. The Morgan fingerprint density at radius 3 is 1.79 bits per heavy atom. The second-order valence-electron chi connectivity index (χ2n) is 8.25. The molecule has 2 rings (SSSR count). The summed E-state index contributed by atoms with van der Waals surface area (Å²) in [5, 5.41) is 0. The third-order valence-electron chi connectivity index (χ3n) is 5.66. The van der Waals surface area contributed by atoms with Gasteiger partial charge in [-0.05, 0) is 12.5 Å². The van der Waals surface area contributed by atoms with Gasteiger partial charge in [0.15, 0.2) is 0 Å². The first-order valence-corrected chi connectivity index (χ1v) is 11.9. The van der Waals surface area contributed by atoms with Gasteiger partial charge in [0.2, 0.25) is 0 Å². The second-order valence-corrected chi connectivity index (χ2v) is 8.25. The lowest BCUT2D eigenvalue weighted by Gasteiger charge is -2.18. The fourth-order valence-electron chi connectivity index (χ4n) is 3.85. The molecule has 1 aromatic rings. The van der Waals surface area contributed by atoms with Gasteiger partial charge < -0.3 is 0 Å². The van der Waals surface area contributed by atoms with E-state index in [2.05, 4.69) is 27.8 Å². The maximum atomic E-state index is 4.63. The van der Waals surface area contributed by atoms with Gasteiger partial charge in [-0.1, -0.05) is 103 Å². The van der Waals surface area contributed by atoms with E-state index in [-0.39, 0.29) is 0 Å². The van der Waals surface area contributed by atoms with E-state index in [1.807, 2.05) is 12.3 Å². The van der Waals surface area contributed by atoms with Crippen LogP contribution in [0.15, 0.2) is 23.5 Å². The van der Waals surface area contributed by atoms with Gasteiger partial charge in [-0.2, -0.15) is 0 Å². The molecule has 2 N–H and O–H groups in total. The Labute approximate surface area is 173 Å². The number of aromatic nitrogens is 1. The molecule has 4 nitrogen and oxygen atoms in total. The first kappa shape index (κ1) is 22.7. The third-order valence-corrected chi connectivity index (χ3v) is 5.66. The Hall–Kier alpha value is -1.58. The predicted molar refractivity (Wildman–Crippen MR) is 122 cm³/mol. The minimum atomic E-state index is 0.938. The van der Waals surface area contributed by atoms with Gasteiger partial charge in [0, 0.05) is 12.6 Å². The van der Waals surface area contributed by atoms with Gasteiger partial charge in [0.25, 0.3) is 0 Å². The third kappa shape index (κ3) is 10.1. The van der Waals surface area contributed by atoms with Crippen LogP contribution in [-0.2, 0) is 0 Å². The zero-order valence-corrected chi connectivity index (χ0v) is 18.1. The van der Waals surface area contributed by atoms with E-state index in [9.17, 15) is 0 Å². The highest BCUT2D eigenvalue weighted by atomic mass is 15.4. The average molecular weight is 387 g/mol. The molecule has 158 valence electrons. The van der Waals surface area contributed by atoms with Gasteiger partial charge in [0.05, 0.1) is 11.9 Å². The van der Waals surface area contributed by atoms with Crippen LogP contribution in [0.25, 0.3) is 0 Å². The molecule has 0 amide bonds. The predicted octanol–water partition coefficient (Wildman–Crippen LogP) is 7.69. The van der Waals surface area contributed by atoms with Crippen molar-refractivity contribution in [3.63, 3.8) is 0 Å². The maximum absolute atomic E-state index is 4.63. The number of unbranched alkanes of at least 4 members (excludes halogenated alkanes) is 15. The van der Waals surface area contributed by atoms with Gasteiger partial charge in [-0.3, -0.25) is 15.8 Å². The molecule has 0 aromatic carbocycles. The van der Waals surface area contributed by atoms with E-state index in [0.717, 1.165) is 23.6 Å². The van der Waals surface area contributed by atoms with Crippen molar-refractivity contribution in [3.8, 4) is 0 Å². The number of pyridine rings is 1. The molecule has 1 aromatic heterocycles. The van der Waals surface area contributed by atoms with E-state index in [1.54, 1.807) is 6.20 Å². The van der Waals surface area contributed by atoms with E-state index in [4.69, 9.17) is 0 Å². The number of hydrogen-bond donors (Lipinski definition) is 2. The van der Waals surface area contributed by atoms with Crippen LogP contribution in [-0.4, -0.2) is 10.8 Å². The summed E-state index contributed by atoms with van der Waals surface area (Å²) in [6.45, 7) is 2.29. The Bertz CT molecular complexity index is 541. The highest BCUT2D eigenvalue weighted by Gasteiger charge is 2.09. The minimum Gasteiger partial charge on any atom is -0.298 e. The molecule has 0 saturated heterocycles. The van der Waals surface area contributed by atoms with Crippen LogP contribution in [0.4, 0.5) is 11.4 Å². The summed E-state index contributed by atoms with van der Waals surface area (Å²) in [7, 11) is 0. The second kappa shape index (κ2) is 15.4. The molecule has 1 aliphatic rings. The molecule has 0 spiro atoms. The van der Waals surface area contributed by atoms with Crippen molar-refractivity contribution in [1.29, 1.82) is 0 Å². The summed E-state index contributed by atoms with van der Waals surface area (Å²) in [4.78, 5) is 8.77. The molecule has 0 saturated carbocycles. The molecular weight excluding hydrogens is 344 g/mol. The fraction of sp³-hybridized carbons (Fsp3) is 0.750. The van der Waals surface area contributed by atoms with E-state index in [1.165, 1.54) is 103 Å². The van der Waals surface area contributed by atoms with Crippen molar-refractivity contribution in [1.82, 2.24) is 10.4 Å². The van der Waals surface area contributed by atoms with Crippen molar-refractivity contribution in [2.75, 3.05) is 5.43 Å². The van der Waals surface area contributed by atoms with Crippen molar-refractivity contribution in [2.45, 2.75) is 116 Å². The van der Waals surface area contributed by atoms with Gasteiger partial charge in [-0.25, -0.2) is 4.99 Å². The summed E-state index contributed by atoms with van der Waals surface area (Å²) < 4.78 is 0. The lowest BCUT2D eigenvalue weighted by Crippen LogP contribution is -2.31. The molecule has 0 atom stereocenters. The van der Waals surface area contributed by atoms with Crippen LogP contribution in [0.3, 0.4) is 0 Å². The number of rotatable bonds is 17. The summed E-state index contributed by atoms with van der Waals surface area (Å²) in [5.41, 5.74) is 8.34. The van der Waals surface area contributed by atoms with Gasteiger partial charge in [0.1, 0.15) is 11.5 Å². The SMILES string of the molecule is CCCCCCCCCCCCCCCCCCC1=Nc2cnccc2NN1. The standard InChI is InChI=1S/C24H42N4/c1-2-3-4-5-6-7-8-9-10-11-12-13-14-15-16-17-18-24-26-23-21-25-20-19-22(23)27-28-24/h19-21,27H,2-18H2,1H3,(H,26,28). The van der Waals surface area contributed by atoms with Gasteiger partial charge in [-0.15, -0.1) is 0 Å². The number of nitrogens with one attached hydrogen (secondary N) is 2. The van der Waals surface area contributed by atoms with Crippen LogP contribution in [0.1, 0.15) is 116 Å². The Morgan fingerprint density at radius 2 is 1.21 bits per heavy atom. The fourth-order valence-corrected chi connectivity index (χ4v) is 3.85. The number of hydrogen-bond acceptors (Lipinski definition) is 4. The van der Waals surface area contributed by atoms with Crippen molar-refractivity contribution < 1.29 is 0 Å². The number of anilines is 1. The summed E-state index contributed by atoms with van der Waals surface area (Å²) >= 11 is 0. The highest BCUT2D eigenvalue weighted by molar-refractivity contribution is 5.90. The topological polar surface area (TPSA) is 49.3 Å². The molecular formula is C24H42N4. The van der Waals surface area contributed by atoms with Crippen LogP contribution >= 0.6 is 0 Å². The summed E-state index contributed by atoms with van der Waals surface area (Å²) in [6, 6.07) is 1.94. The number of fused-ring (bicyclic) bond motifs is 1. The quantitative estimate of drug-likeness (QED) is 0.270. The maximum Gasteiger partial charge on any atom is 0.121 e. The molecule has 28 heavy (non-hydrogen) atoms. The monoisotopic (exact) mass is 386 g/mol. The number of amidine groups is 1. The number of nitrogens with zero attached hydrogens (tertiary/aromatic N) is 2. The van der Waals surface area contributed by atoms with Crippen LogP contribution in [0, 0.1) is 0 Å². The molecule has 0 unspecified atom stereocenters. The lowest BCUT2D eigenvalue weighted by atomic mass is 10.0. The summed E-state index contributed by atoms with van der Waals surface area (Å²) in [5.74, 6) is 1.03. The van der Waals surface area contributed by atoms with Crippen molar-refractivity contribution >= 4 is 17.2 Å². The largest absolute Gasteiger partial charge is 0.298 e. The smallest absolute Gasteiger partial charge is 0.121 e. The normalized spacial score (nSPS) is 12.8. The Balaban J connectivity index is 1.33. The van der Waals surface area contributed by atoms with Crippen LogP contribution < -0.4 is 10.9 Å². The Kier molecular flexibility index (Phi) is 12.5. The molecule has 0 bridgehead atoms. The zero-order chi connectivity index (χ0) is 19.7. The van der Waals surface area contributed by atoms with Crippen LogP contribution in [0.2, 0.25) is 0 Å². The van der Waals surface area contributed by atoms with Crippen molar-refractivity contribution in [2.24, 2.45) is 4.99 Å². The molecule has 0 radical (unpaired) electrons. The lowest BCUT2D eigenvalue weighted by molar-refractivity contribution is 0.530. The number of hydrazine groups is 1. The first-order valence-electron chi connectivity index (χ1n) is 11.9. The molecule has 1 aliphatic heterocycles. The molecule has 2 heterocycles. The average Bonchev–Trinajstić information content (AvgIpc) is 2.73. The van der Waals surface area contributed by atoms with E-state index in [0.29, 0.717) is 0 Å². The molecule has 0 aliphatic carbocycles. The van der Waals surface area contributed by atoms with Gasteiger partial charge >= 0.3 is 0 Å².